The molecule has 1 aliphatic rings. The van der Waals surface area contributed by atoms with Crippen LogP contribution in [0.25, 0.3) is 0 Å². The highest BCUT2D eigenvalue weighted by atomic mass is 28.3. The van der Waals surface area contributed by atoms with Crippen molar-refractivity contribution in [1.82, 2.24) is 0 Å². The summed E-state index contributed by atoms with van der Waals surface area (Å²) in [5, 5.41) is 10.7. The molecule has 1 saturated carbocycles. The third kappa shape index (κ3) is 4.39. The van der Waals surface area contributed by atoms with E-state index in [-0.39, 0.29) is 12.0 Å². The summed E-state index contributed by atoms with van der Waals surface area (Å²) >= 11 is 0. The van der Waals surface area contributed by atoms with Crippen molar-refractivity contribution in [3.8, 4) is 11.5 Å². The van der Waals surface area contributed by atoms with E-state index >= 15 is 0 Å². The molecule has 0 aliphatic heterocycles. The van der Waals surface area contributed by atoms with Crippen molar-refractivity contribution in [2.45, 2.75) is 103 Å². The zero-order valence-corrected chi connectivity index (χ0v) is 16.9. The summed E-state index contributed by atoms with van der Waals surface area (Å²) < 4.78 is 0. The minimum Gasteiger partial charge on any atom is -0.392 e. The van der Waals surface area contributed by atoms with E-state index in [9.17, 15) is 5.11 Å². The van der Waals surface area contributed by atoms with Crippen molar-refractivity contribution in [2.75, 3.05) is 0 Å². The molecule has 0 aromatic carbocycles. The van der Waals surface area contributed by atoms with Gasteiger partial charge in [-0.05, 0) is 42.3 Å². The van der Waals surface area contributed by atoms with Gasteiger partial charge in [-0.2, -0.15) is 0 Å². The number of rotatable bonds is 5. The minimum absolute atomic E-state index is 0.117. The first-order valence-corrected chi connectivity index (χ1v) is 11.7. The Hall–Kier alpha value is -0.263. The molecule has 0 saturated heterocycles. The largest absolute Gasteiger partial charge is 0.392 e. The van der Waals surface area contributed by atoms with Crippen molar-refractivity contribution in [1.29, 1.82) is 0 Å². The lowest BCUT2D eigenvalue weighted by molar-refractivity contribution is 0.0586. The van der Waals surface area contributed by atoms with Gasteiger partial charge in [-0.1, -0.05) is 60.8 Å². The average Bonchev–Trinajstić information content (AvgIpc) is 2.46. The molecular weight excluding hydrogens is 284 g/mol. The summed E-state index contributed by atoms with van der Waals surface area (Å²) in [4.78, 5) is 0. The van der Waals surface area contributed by atoms with E-state index in [1.165, 1.54) is 32.1 Å². The van der Waals surface area contributed by atoms with Gasteiger partial charge in [-0.3, -0.25) is 0 Å². The first-order chi connectivity index (χ1) is 10.2. The van der Waals surface area contributed by atoms with Crippen LogP contribution >= 0.6 is 0 Å². The molecule has 2 atom stereocenters. The van der Waals surface area contributed by atoms with Crippen LogP contribution in [0.1, 0.15) is 80.6 Å². The fourth-order valence-electron chi connectivity index (χ4n) is 4.64. The van der Waals surface area contributed by atoms with Gasteiger partial charge >= 0.3 is 0 Å². The number of hydrogen-bond donors (Lipinski definition) is 1. The molecule has 0 heterocycles. The molecule has 1 rings (SSSR count). The summed E-state index contributed by atoms with van der Waals surface area (Å²) in [7, 11) is -1.66. The van der Waals surface area contributed by atoms with Gasteiger partial charge in [-0.25, -0.2) is 0 Å². The molecule has 1 aliphatic carbocycles. The predicted octanol–water partition coefficient (Wildman–Crippen LogP) is 5.79. The normalized spacial score (nSPS) is 20.1. The highest BCUT2D eigenvalue weighted by Gasteiger charge is 2.41. The van der Waals surface area contributed by atoms with E-state index in [0.717, 1.165) is 0 Å². The predicted molar refractivity (Wildman–Crippen MR) is 101 cm³/mol. The summed E-state index contributed by atoms with van der Waals surface area (Å²) in [5.41, 5.74) is 5.78. The molecule has 0 amide bonds. The fourth-order valence-corrected chi connectivity index (χ4v) is 9.98. The van der Waals surface area contributed by atoms with E-state index in [2.05, 4.69) is 59.9 Å². The van der Waals surface area contributed by atoms with Gasteiger partial charge in [-0.15, -0.1) is 11.5 Å². The Morgan fingerprint density at radius 2 is 1.27 bits per heavy atom. The summed E-state index contributed by atoms with van der Waals surface area (Å²) in [5.74, 6) is 4.12. The third-order valence-electron chi connectivity index (χ3n) is 6.03. The maximum atomic E-state index is 10.7. The van der Waals surface area contributed by atoms with E-state index in [1.54, 1.807) is 0 Å². The first kappa shape index (κ1) is 19.8. The molecule has 2 heteroatoms. The Labute approximate surface area is 140 Å². The average molecular weight is 323 g/mol. The Balaban J connectivity index is 2.91. The maximum absolute atomic E-state index is 10.7. The van der Waals surface area contributed by atoms with Gasteiger partial charge < -0.3 is 5.11 Å². The minimum atomic E-state index is -1.66. The van der Waals surface area contributed by atoms with Gasteiger partial charge in [0.1, 0.15) is 8.07 Å². The van der Waals surface area contributed by atoms with Crippen LogP contribution in [0.2, 0.25) is 16.6 Å². The van der Waals surface area contributed by atoms with Gasteiger partial charge in [0.25, 0.3) is 0 Å². The second-order valence-corrected chi connectivity index (χ2v) is 13.9. The van der Waals surface area contributed by atoms with E-state index < -0.39 is 8.07 Å². The van der Waals surface area contributed by atoms with Crippen LogP contribution in [0.5, 0.6) is 0 Å². The van der Waals surface area contributed by atoms with E-state index in [4.69, 9.17) is 0 Å². The lowest BCUT2D eigenvalue weighted by atomic mass is 9.81. The summed E-state index contributed by atoms with van der Waals surface area (Å²) in [6.45, 7) is 16.2. The number of hydrogen-bond acceptors (Lipinski definition) is 1. The van der Waals surface area contributed by atoms with E-state index in [1.807, 2.05) is 0 Å². The highest BCUT2D eigenvalue weighted by molar-refractivity contribution is 6.90. The molecule has 0 spiro atoms. The second kappa shape index (κ2) is 8.55. The molecule has 1 N–H and O–H groups in total. The first-order valence-electron chi connectivity index (χ1n) is 9.44. The third-order valence-corrected chi connectivity index (χ3v) is 12.3. The molecule has 0 bridgehead atoms. The van der Waals surface area contributed by atoms with E-state index in [0.29, 0.717) is 22.5 Å². The van der Waals surface area contributed by atoms with Crippen LogP contribution in [0.3, 0.4) is 0 Å². The molecule has 0 aromatic rings. The number of aliphatic hydroxyl groups is 1. The molecule has 22 heavy (non-hydrogen) atoms. The Kier molecular flexibility index (Phi) is 7.69. The van der Waals surface area contributed by atoms with Crippen molar-refractivity contribution in [3.63, 3.8) is 0 Å². The van der Waals surface area contributed by atoms with Gasteiger partial charge in [0.2, 0.25) is 0 Å². The molecular formula is C20H38OSi. The number of aliphatic hydroxyl groups excluding tert-OH is 1. The molecule has 1 nitrogen and oxygen atoms in total. The quantitative estimate of drug-likeness (QED) is 0.502. The molecule has 0 unspecified atom stereocenters. The molecule has 0 aromatic heterocycles. The zero-order chi connectivity index (χ0) is 16.9. The van der Waals surface area contributed by atoms with Crippen LogP contribution < -0.4 is 0 Å². The maximum Gasteiger partial charge on any atom is 0.145 e. The lowest BCUT2D eigenvalue weighted by Crippen LogP contribution is -2.43. The van der Waals surface area contributed by atoms with Crippen LogP contribution in [0.15, 0.2) is 0 Å². The Morgan fingerprint density at radius 3 is 1.68 bits per heavy atom. The monoisotopic (exact) mass is 322 g/mol. The zero-order valence-electron chi connectivity index (χ0n) is 15.9. The molecule has 0 radical (unpaired) electrons. The van der Waals surface area contributed by atoms with Crippen LogP contribution in [0.4, 0.5) is 0 Å². The fraction of sp³-hybridized carbons (Fsp3) is 0.900. The van der Waals surface area contributed by atoms with Crippen molar-refractivity contribution >= 4 is 8.07 Å². The SMILES string of the molecule is CC(C)[Si](C#C[C@@H](C)[C@@H](O)C1CCCCC1)(C(C)C)C(C)C. The second-order valence-electron chi connectivity index (χ2n) is 8.34. The van der Waals surface area contributed by atoms with Gasteiger partial charge in [0, 0.05) is 5.92 Å². The van der Waals surface area contributed by atoms with Crippen molar-refractivity contribution < 1.29 is 5.11 Å². The van der Waals surface area contributed by atoms with Gasteiger partial charge in [0.15, 0.2) is 0 Å². The van der Waals surface area contributed by atoms with Crippen molar-refractivity contribution in [3.05, 3.63) is 0 Å². The Morgan fingerprint density at radius 1 is 0.818 bits per heavy atom. The molecule has 128 valence electrons. The smallest absolute Gasteiger partial charge is 0.145 e. The van der Waals surface area contributed by atoms with Crippen molar-refractivity contribution in [2.24, 2.45) is 11.8 Å². The summed E-state index contributed by atoms with van der Waals surface area (Å²) in [6.07, 6.45) is 6.05. The van der Waals surface area contributed by atoms with Crippen LogP contribution in [0, 0.1) is 23.3 Å². The van der Waals surface area contributed by atoms with Crippen LogP contribution in [-0.4, -0.2) is 19.3 Å². The standard InChI is InChI=1S/C20H38OSi/c1-15(2)22(16(3)4,17(5)6)14-13-18(7)20(21)19-11-9-8-10-12-19/h15-21H,8-12H2,1-7H3/t18-,20-/m1/s1. The van der Waals surface area contributed by atoms with Crippen LogP contribution in [-0.2, 0) is 0 Å². The van der Waals surface area contributed by atoms with Gasteiger partial charge in [0.05, 0.1) is 6.10 Å². The lowest BCUT2D eigenvalue weighted by Gasteiger charge is -2.38. The highest BCUT2D eigenvalue weighted by Crippen LogP contribution is 2.41. The Bertz CT molecular complexity index is 360. The topological polar surface area (TPSA) is 20.2 Å². The summed E-state index contributed by atoms with van der Waals surface area (Å²) in [6, 6.07) is 0. The molecule has 1 fully saturated rings.